The molecule has 0 saturated carbocycles. The van der Waals surface area contributed by atoms with Crippen LogP contribution in [0.1, 0.15) is 12.0 Å². The smallest absolute Gasteiger partial charge is 0.263 e. The number of imide groups is 1. The van der Waals surface area contributed by atoms with Gasteiger partial charge in [0.15, 0.2) is 0 Å². The van der Waals surface area contributed by atoms with Crippen molar-refractivity contribution in [1.82, 2.24) is 5.32 Å². The maximum absolute atomic E-state index is 13.0. The molecule has 5 nitrogen and oxygen atoms in total. The molecular weight excluding hydrogens is 309 g/mol. The second-order valence-corrected chi connectivity index (χ2v) is 5.30. The van der Waals surface area contributed by atoms with Crippen molar-refractivity contribution in [3.8, 4) is 5.75 Å². The fourth-order valence-corrected chi connectivity index (χ4v) is 2.53. The van der Waals surface area contributed by atoms with Gasteiger partial charge in [-0.25, -0.2) is 4.39 Å². The van der Waals surface area contributed by atoms with Crippen molar-refractivity contribution in [1.29, 1.82) is 0 Å². The van der Waals surface area contributed by atoms with E-state index in [4.69, 9.17) is 4.74 Å². The van der Waals surface area contributed by atoms with Gasteiger partial charge in [-0.3, -0.25) is 14.9 Å². The maximum Gasteiger partial charge on any atom is 0.263 e. The second kappa shape index (κ2) is 7.13. The Bertz CT molecular complexity index is 657. The van der Waals surface area contributed by atoms with Crippen molar-refractivity contribution in [2.24, 2.45) is 0 Å². The second-order valence-electron chi connectivity index (χ2n) is 4.45. The third-order valence-electron chi connectivity index (χ3n) is 3.01. The molecule has 1 aromatic rings. The number of carbonyl (C=O) groups is 2. The number of phenolic OH excluding ortho intramolecular Hbond substituents is 1. The van der Waals surface area contributed by atoms with Crippen LogP contribution < -0.4 is 5.32 Å². The normalized spacial score (nSPS) is 17.6. The Hall–Kier alpha value is -2.28. The molecule has 2 amide bonds. The molecule has 1 aliphatic rings. The number of carbonyl (C=O) groups excluding carboxylic acids is 2. The van der Waals surface area contributed by atoms with Gasteiger partial charge in [0.1, 0.15) is 23.4 Å². The van der Waals surface area contributed by atoms with Gasteiger partial charge < -0.3 is 9.84 Å². The highest BCUT2D eigenvalue weighted by Crippen LogP contribution is 2.33. The molecular formula is C15H14FNO4S. The van der Waals surface area contributed by atoms with Gasteiger partial charge in [0.25, 0.3) is 5.91 Å². The van der Waals surface area contributed by atoms with E-state index in [1.54, 1.807) is 18.4 Å². The fourth-order valence-electron chi connectivity index (χ4n) is 2.00. The van der Waals surface area contributed by atoms with E-state index >= 15 is 0 Å². The molecule has 1 aromatic carbocycles. The first-order valence-corrected chi connectivity index (χ1v) is 7.63. The van der Waals surface area contributed by atoms with Crippen LogP contribution in [0, 0.1) is 5.82 Å². The molecule has 0 saturated heterocycles. The van der Waals surface area contributed by atoms with Gasteiger partial charge in [-0.2, -0.15) is 0 Å². The summed E-state index contributed by atoms with van der Waals surface area (Å²) in [5.74, 6) is -0.814. The fraction of sp³-hybridized carbons (Fsp3) is 0.200. The van der Waals surface area contributed by atoms with Gasteiger partial charge in [0, 0.05) is 12.5 Å². The van der Waals surface area contributed by atoms with Crippen molar-refractivity contribution in [3.05, 3.63) is 46.6 Å². The summed E-state index contributed by atoms with van der Waals surface area (Å²) in [5, 5.41) is 11.8. The van der Waals surface area contributed by atoms with Crippen LogP contribution in [-0.2, 0) is 14.3 Å². The van der Waals surface area contributed by atoms with Crippen molar-refractivity contribution in [2.45, 2.75) is 12.5 Å². The number of thioether (sulfide) groups is 1. The van der Waals surface area contributed by atoms with Crippen LogP contribution in [0.4, 0.5) is 4.39 Å². The van der Waals surface area contributed by atoms with E-state index in [2.05, 4.69) is 5.32 Å². The highest BCUT2D eigenvalue weighted by atomic mass is 32.2. The highest BCUT2D eigenvalue weighted by molar-refractivity contribution is 8.03. The van der Waals surface area contributed by atoms with Crippen molar-refractivity contribution >= 4 is 29.8 Å². The van der Waals surface area contributed by atoms with E-state index in [-0.39, 0.29) is 11.9 Å². The number of phenols is 1. The number of hydrogen-bond acceptors (Lipinski definition) is 5. The minimum absolute atomic E-state index is 0.209. The standard InChI is InChI=1S/C15H14FNO4S/c1-22-14(15(20)17-8-18)7-10-3-5-13(21-10)11-4-2-9(16)6-12(11)19/h2,4-8,10,19H,3H2,1H3,(H,17,18,20)/b14-7-. The lowest BCUT2D eigenvalue weighted by Crippen LogP contribution is -2.22. The van der Waals surface area contributed by atoms with Crippen LogP contribution in [0.5, 0.6) is 5.75 Å². The Morgan fingerprint density at radius 2 is 2.32 bits per heavy atom. The van der Waals surface area contributed by atoms with Crippen LogP contribution in [0.25, 0.3) is 5.76 Å². The topological polar surface area (TPSA) is 75.6 Å². The first-order chi connectivity index (χ1) is 10.5. The van der Waals surface area contributed by atoms with E-state index < -0.39 is 11.7 Å². The third kappa shape index (κ3) is 3.67. The maximum atomic E-state index is 13.0. The van der Waals surface area contributed by atoms with Gasteiger partial charge in [-0.05, 0) is 30.5 Å². The van der Waals surface area contributed by atoms with E-state index in [0.29, 0.717) is 29.1 Å². The zero-order chi connectivity index (χ0) is 16.1. The number of hydrogen-bond donors (Lipinski definition) is 2. The summed E-state index contributed by atoms with van der Waals surface area (Å²) in [6.07, 6.45) is 5.51. The Kier molecular flexibility index (Phi) is 5.21. The number of rotatable bonds is 5. The average Bonchev–Trinajstić information content (AvgIpc) is 2.93. The van der Waals surface area contributed by atoms with E-state index in [9.17, 15) is 19.1 Å². The Labute approximate surface area is 130 Å². The molecule has 2 rings (SSSR count). The molecule has 0 aliphatic carbocycles. The van der Waals surface area contributed by atoms with E-state index in [0.717, 1.165) is 6.07 Å². The molecule has 0 radical (unpaired) electrons. The predicted octanol–water partition coefficient (Wildman–Crippen LogP) is 2.18. The van der Waals surface area contributed by atoms with Crippen LogP contribution in [0.3, 0.4) is 0 Å². The molecule has 0 bridgehead atoms. The summed E-state index contributed by atoms with van der Waals surface area (Å²) in [5.41, 5.74) is 0.389. The molecule has 1 aliphatic heterocycles. The number of amides is 2. The van der Waals surface area contributed by atoms with Crippen LogP contribution in [-0.4, -0.2) is 29.8 Å². The molecule has 116 valence electrons. The number of ether oxygens (including phenoxy) is 1. The Morgan fingerprint density at radius 3 is 2.95 bits per heavy atom. The van der Waals surface area contributed by atoms with Gasteiger partial charge >= 0.3 is 0 Å². The molecule has 22 heavy (non-hydrogen) atoms. The lowest BCUT2D eigenvalue weighted by molar-refractivity contribution is -0.121. The van der Waals surface area contributed by atoms with E-state index in [1.165, 1.54) is 23.9 Å². The SMILES string of the molecule is CS/C(=C\C1CC=C(c2ccc(F)cc2O)O1)C(=O)NC=O. The Balaban J connectivity index is 2.11. The Morgan fingerprint density at radius 1 is 1.55 bits per heavy atom. The average molecular weight is 323 g/mol. The molecule has 2 N–H and O–H groups in total. The molecule has 7 heteroatoms. The quantitative estimate of drug-likeness (QED) is 0.642. The third-order valence-corrected chi connectivity index (χ3v) is 3.77. The zero-order valence-corrected chi connectivity index (χ0v) is 12.5. The van der Waals surface area contributed by atoms with Crippen LogP contribution >= 0.6 is 11.8 Å². The minimum Gasteiger partial charge on any atom is -0.507 e. The summed E-state index contributed by atoms with van der Waals surface area (Å²) < 4.78 is 18.6. The molecule has 1 unspecified atom stereocenters. The summed E-state index contributed by atoms with van der Waals surface area (Å²) in [7, 11) is 0. The minimum atomic E-state index is -0.536. The number of aromatic hydroxyl groups is 1. The van der Waals surface area contributed by atoms with Gasteiger partial charge in [-0.1, -0.05) is 0 Å². The van der Waals surface area contributed by atoms with Crippen LogP contribution in [0.2, 0.25) is 0 Å². The largest absolute Gasteiger partial charge is 0.507 e. The zero-order valence-electron chi connectivity index (χ0n) is 11.7. The summed E-state index contributed by atoms with van der Waals surface area (Å²) >= 11 is 1.20. The summed E-state index contributed by atoms with van der Waals surface area (Å²) in [4.78, 5) is 22.3. The van der Waals surface area contributed by atoms with Crippen molar-refractivity contribution in [2.75, 3.05) is 6.26 Å². The molecule has 1 atom stereocenters. The number of benzene rings is 1. The lowest BCUT2D eigenvalue weighted by atomic mass is 10.1. The van der Waals surface area contributed by atoms with Gasteiger partial charge in [0.05, 0.1) is 10.5 Å². The molecule has 0 fully saturated rings. The summed E-state index contributed by atoms with van der Waals surface area (Å²) in [6.45, 7) is 0. The number of nitrogens with one attached hydrogen (secondary N) is 1. The first kappa shape index (κ1) is 16.1. The van der Waals surface area contributed by atoms with Gasteiger partial charge in [0.2, 0.25) is 6.41 Å². The monoisotopic (exact) mass is 323 g/mol. The van der Waals surface area contributed by atoms with Crippen LogP contribution in [0.15, 0.2) is 35.3 Å². The first-order valence-electron chi connectivity index (χ1n) is 6.41. The van der Waals surface area contributed by atoms with Crippen molar-refractivity contribution < 1.29 is 23.8 Å². The lowest BCUT2D eigenvalue weighted by Gasteiger charge is -2.12. The molecule has 0 spiro atoms. The predicted molar refractivity (Wildman–Crippen MR) is 81.3 cm³/mol. The number of halogens is 1. The molecule has 1 heterocycles. The van der Waals surface area contributed by atoms with Crippen molar-refractivity contribution in [3.63, 3.8) is 0 Å². The van der Waals surface area contributed by atoms with E-state index in [1.807, 2.05) is 0 Å². The summed E-state index contributed by atoms with van der Waals surface area (Å²) in [6, 6.07) is 3.66. The highest BCUT2D eigenvalue weighted by Gasteiger charge is 2.21. The van der Waals surface area contributed by atoms with Gasteiger partial charge in [-0.15, -0.1) is 11.8 Å². The molecule has 0 aromatic heterocycles.